The van der Waals surface area contributed by atoms with Crippen molar-refractivity contribution in [2.24, 2.45) is 0 Å². The zero-order chi connectivity index (χ0) is 20.4. The molecule has 7 heteroatoms. The first-order valence-corrected chi connectivity index (χ1v) is 9.67. The summed E-state index contributed by atoms with van der Waals surface area (Å²) in [5.41, 5.74) is 4.37. The number of hydrogen-bond acceptors (Lipinski definition) is 5. The van der Waals surface area contributed by atoms with E-state index in [0.717, 1.165) is 48.9 Å². The molecule has 2 heterocycles. The van der Waals surface area contributed by atoms with Gasteiger partial charge in [-0.1, -0.05) is 12.1 Å². The highest BCUT2D eigenvalue weighted by Gasteiger charge is 2.21. The molecule has 3 aromatic rings. The number of allylic oxidation sites excluding steroid dienone is 1. The molecule has 29 heavy (non-hydrogen) atoms. The Hall–Kier alpha value is -3.66. The molecule has 1 fully saturated rings. The van der Waals surface area contributed by atoms with Gasteiger partial charge in [0.05, 0.1) is 21.5 Å². The monoisotopic (exact) mass is 387 g/mol. The van der Waals surface area contributed by atoms with Crippen LogP contribution in [-0.4, -0.2) is 28.0 Å². The molecule has 146 valence electrons. The topological polar surface area (TPSA) is 98.8 Å². The van der Waals surface area contributed by atoms with Crippen LogP contribution in [0, 0.1) is 28.4 Å². The molecule has 0 radical (unpaired) electrons. The van der Waals surface area contributed by atoms with Gasteiger partial charge in [0.2, 0.25) is 0 Å². The van der Waals surface area contributed by atoms with Gasteiger partial charge in [0.1, 0.15) is 17.6 Å². The fraction of sp³-hybridized carbons (Fsp3) is 0.273. The lowest BCUT2D eigenvalue weighted by molar-refractivity contribution is -0.384. The van der Waals surface area contributed by atoms with E-state index in [1.54, 1.807) is 12.1 Å². The molecule has 0 amide bonds. The van der Waals surface area contributed by atoms with Gasteiger partial charge in [-0.15, -0.1) is 0 Å². The maximum absolute atomic E-state index is 11.7. The summed E-state index contributed by atoms with van der Waals surface area (Å²) in [6, 6.07) is 13.1. The largest absolute Gasteiger partial charge is 0.366 e. The number of aromatic nitrogens is 2. The van der Waals surface area contributed by atoms with Gasteiger partial charge in [-0.25, -0.2) is 4.98 Å². The summed E-state index contributed by atoms with van der Waals surface area (Å²) < 4.78 is 0. The summed E-state index contributed by atoms with van der Waals surface area (Å²) >= 11 is 0. The van der Waals surface area contributed by atoms with Gasteiger partial charge < -0.3 is 9.88 Å². The van der Waals surface area contributed by atoms with E-state index in [1.165, 1.54) is 6.07 Å². The van der Waals surface area contributed by atoms with Gasteiger partial charge in [0.25, 0.3) is 5.69 Å². The number of rotatable bonds is 4. The zero-order valence-electron chi connectivity index (χ0n) is 16.2. The van der Waals surface area contributed by atoms with Gasteiger partial charge in [0.15, 0.2) is 0 Å². The standard InChI is InChI=1S/C22H21N5O2/c1-15-5-7-18-19(11-15)25-22(24-18)17(14-23)12-16-6-8-20(21(13-16)27(28)29)26-9-3-2-4-10-26/h5-8,11-13H,2-4,9-10H2,1H3,(H,24,25)/b17-12-. The minimum absolute atomic E-state index is 0.0678. The first kappa shape index (κ1) is 18.7. The van der Waals surface area contributed by atoms with Crippen molar-refractivity contribution in [2.75, 3.05) is 18.0 Å². The van der Waals surface area contributed by atoms with Crippen molar-refractivity contribution in [3.05, 3.63) is 63.5 Å². The molecule has 7 nitrogen and oxygen atoms in total. The average Bonchev–Trinajstić information content (AvgIpc) is 3.15. The predicted octanol–water partition coefficient (Wildman–Crippen LogP) is 4.83. The number of nitriles is 1. The van der Waals surface area contributed by atoms with Gasteiger partial charge in [0, 0.05) is 19.2 Å². The van der Waals surface area contributed by atoms with Gasteiger partial charge in [-0.2, -0.15) is 5.26 Å². The van der Waals surface area contributed by atoms with Crippen LogP contribution in [-0.2, 0) is 0 Å². The van der Waals surface area contributed by atoms with E-state index < -0.39 is 0 Å². The number of imidazole rings is 1. The molecule has 0 spiro atoms. The Morgan fingerprint density at radius 1 is 1.24 bits per heavy atom. The molecule has 1 N–H and O–H groups in total. The first-order chi connectivity index (χ1) is 14.0. The van der Waals surface area contributed by atoms with Crippen LogP contribution in [0.3, 0.4) is 0 Å². The highest BCUT2D eigenvalue weighted by Crippen LogP contribution is 2.32. The van der Waals surface area contributed by atoms with Gasteiger partial charge >= 0.3 is 0 Å². The first-order valence-electron chi connectivity index (χ1n) is 9.67. The summed E-state index contributed by atoms with van der Waals surface area (Å²) in [6.45, 7) is 3.65. The summed E-state index contributed by atoms with van der Waals surface area (Å²) in [4.78, 5) is 21.0. The van der Waals surface area contributed by atoms with Gasteiger partial charge in [-0.3, -0.25) is 10.1 Å². The molecule has 0 atom stereocenters. The van der Waals surface area contributed by atoms with Gasteiger partial charge in [-0.05, 0) is 61.6 Å². The molecule has 0 bridgehead atoms. The quantitative estimate of drug-likeness (QED) is 0.392. The number of hydrogen-bond donors (Lipinski definition) is 1. The minimum atomic E-state index is -0.350. The van der Waals surface area contributed by atoms with Crippen molar-refractivity contribution in [1.82, 2.24) is 9.97 Å². The maximum Gasteiger partial charge on any atom is 0.293 e. The van der Waals surface area contributed by atoms with Crippen LogP contribution in [0.1, 0.15) is 36.2 Å². The second-order valence-corrected chi connectivity index (χ2v) is 7.33. The Balaban J connectivity index is 1.72. The second-order valence-electron chi connectivity index (χ2n) is 7.33. The molecule has 2 aromatic carbocycles. The van der Waals surface area contributed by atoms with E-state index in [-0.39, 0.29) is 10.6 Å². The van der Waals surface area contributed by atoms with Crippen molar-refractivity contribution < 1.29 is 4.92 Å². The Morgan fingerprint density at radius 3 is 2.76 bits per heavy atom. The number of fused-ring (bicyclic) bond motifs is 1. The number of nitrogens with zero attached hydrogens (tertiary/aromatic N) is 4. The molecule has 0 aliphatic carbocycles. The van der Waals surface area contributed by atoms with E-state index in [1.807, 2.05) is 31.2 Å². The van der Waals surface area contributed by atoms with Crippen LogP contribution < -0.4 is 4.90 Å². The smallest absolute Gasteiger partial charge is 0.293 e. The number of nitrogens with one attached hydrogen (secondary N) is 1. The number of anilines is 1. The van der Waals surface area contributed by atoms with E-state index in [9.17, 15) is 15.4 Å². The fourth-order valence-corrected chi connectivity index (χ4v) is 3.75. The van der Waals surface area contributed by atoms with E-state index >= 15 is 0 Å². The molecular formula is C22H21N5O2. The SMILES string of the molecule is Cc1ccc2nc(/C(C#N)=C\c3ccc(N4CCCCC4)c([N+](=O)[O-])c3)[nH]c2c1. The predicted molar refractivity (Wildman–Crippen MR) is 113 cm³/mol. The summed E-state index contributed by atoms with van der Waals surface area (Å²) in [5.74, 6) is 0.455. The van der Waals surface area contributed by atoms with Crippen LogP contribution in [0.25, 0.3) is 22.7 Å². The number of aromatic amines is 1. The summed E-state index contributed by atoms with van der Waals surface area (Å²) in [7, 11) is 0. The highest BCUT2D eigenvalue weighted by molar-refractivity contribution is 5.91. The highest BCUT2D eigenvalue weighted by atomic mass is 16.6. The van der Waals surface area contributed by atoms with Crippen LogP contribution >= 0.6 is 0 Å². The molecule has 1 saturated heterocycles. The summed E-state index contributed by atoms with van der Waals surface area (Å²) in [6.07, 6.45) is 4.89. The lowest BCUT2D eigenvalue weighted by Gasteiger charge is -2.28. The Bertz CT molecular complexity index is 1150. The van der Waals surface area contributed by atoms with Crippen LogP contribution in [0.2, 0.25) is 0 Å². The lowest BCUT2D eigenvalue weighted by Crippen LogP contribution is -2.29. The number of nitro groups is 1. The molecule has 1 aliphatic heterocycles. The Labute approximate surface area is 168 Å². The van der Waals surface area contributed by atoms with Crippen molar-refractivity contribution >= 4 is 34.1 Å². The maximum atomic E-state index is 11.7. The third-order valence-electron chi connectivity index (χ3n) is 5.22. The normalized spacial score (nSPS) is 14.8. The second kappa shape index (κ2) is 7.76. The number of nitro benzene ring substituents is 1. The third kappa shape index (κ3) is 3.83. The molecule has 0 unspecified atom stereocenters. The summed E-state index contributed by atoms with van der Waals surface area (Å²) in [5, 5.41) is 21.3. The number of H-pyrrole nitrogens is 1. The van der Waals surface area contributed by atoms with E-state index in [2.05, 4.69) is 20.9 Å². The fourth-order valence-electron chi connectivity index (χ4n) is 3.75. The zero-order valence-corrected chi connectivity index (χ0v) is 16.2. The van der Waals surface area contributed by atoms with E-state index in [0.29, 0.717) is 22.6 Å². The van der Waals surface area contributed by atoms with Crippen LogP contribution in [0.4, 0.5) is 11.4 Å². The minimum Gasteiger partial charge on any atom is -0.366 e. The van der Waals surface area contributed by atoms with Crippen molar-refractivity contribution in [1.29, 1.82) is 5.26 Å². The Kier molecular flexibility index (Phi) is 5.00. The van der Waals surface area contributed by atoms with Crippen molar-refractivity contribution in [3.63, 3.8) is 0 Å². The number of aryl methyl sites for hydroxylation is 1. The van der Waals surface area contributed by atoms with Crippen LogP contribution in [0.5, 0.6) is 0 Å². The van der Waals surface area contributed by atoms with Crippen molar-refractivity contribution in [3.8, 4) is 6.07 Å². The molecule has 0 saturated carbocycles. The Morgan fingerprint density at radius 2 is 2.03 bits per heavy atom. The molecule has 4 rings (SSSR count). The molecule has 1 aromatic heterocycles. The van der Waals surface area contributed by atoms with Crippen molar-refractivity contribution in [2.45, 2.75) is 26.2 Å². The molecular weight excluding hydrogens is 366 g/mol. The average molecular weight is 387 g/mol. The third-order valence-corrected chi connectivity index (χ3v) is 5.22. The lowest BCUT2D eigenvalue weighted by atomic mass is 10.1. The number of benzene rings is 2. The van der Waals surface area contributed by atoms with Crippen LogP contribution in [0.15, 0.2) is 36.4 Å². The van der Waals surface area contributed by atoms with E-state index in [4.69, 9.17) is 0 Å². The number of piperidine rings is 1. The molecule has 1 aliphatic rings.